The molecule has 0 radical (unpaired) electrons. The Morgan fingerprint density at radius 3 is 2.36 bits per heavy atom. The predicted octanol–water partition coefficient (Wildman–Crippen LogP) is 3.86. The SMILES string of the molecule is CC[C@H](NC(=O)[C@@H](C)N(c1ccccc1F)S(C)(=O)=O)c1ccc(C)cc1C. The fourth-order valence-electron chi connectivity index (χ4n) is 3.32. The summed E-state index contributed by atoms with van der Waals surface area (Å²) in [5, 5.41) is 2.92. The molecule has 1 N–H and O–H groups in total. The van der Waals surface area contributed by atoms with Crippen LogP contribution in [0.15, 0.2) is 42.5 Å². The molecule has 0 aromatic heterocycles. The maximum atomic E-state index is 14.2. The molecule has 0 unspecified atom stereocenters. The summed E-state index contributed by atoms with van der Waals surface area (Å²) in [6.45, 7) is 7.37. The van der Waals surface area contributed by atoms with Crippen LogP contribution in [0.3, 0.4) is 0 Å². The molecule has 5 nitrogen and oxygen atoms in total. The maximum Gasteiger partial charge on any atom is 0.244 e. The van der Waals surface area contributed by atoms with Gasteiger partial charge in [0.1, 0.15) is 11.9 Å². The first-order valence-electron chi connectivity index (χ1n) is 9.17. The Hall–Kier alpha value is -2.41. The summed E-state index contributed by atoms with van der Waals surface area (Å²) in [6, 6.07) is 10.1. The number of para-hydroxylation sites is 1. The summed E-state index contributed by atoms with van der Waals surface area (Å²) >= 11 is 0. The average Bonchev–Trinajstić information content (AvgIpc) is 2.60. The number of rotatable bonds is 7. The molecule has 0 aliphatic rings. The first kappa shape index (κ1) is 21.9. The monoisotopic (exact) mass is 406 g/mol. The van der Waals surface area contributed by atoms with Crippen molar-refractivity contribution in [2.24, 2.45) is 0 Å². The zero-order chi connectivity index (χ0) is 21.1. The van der Waals surface area contributed by atoms with Gasteiger partial charge < -0.3 is 5.32 Å². The Morgan fingerprint density at radius 2 is 1.82 bits per heavy atom. The fraction of sp³-hybridized carbons (Fsp3) is 0.381. The van der Waals surface area contributed by atoms with E-state index in [1.165, 1.54) is 31.2 Å². The highest BCUT2D eigenvalue weighted by molar-refractivity contribution is 7.92. The number of benzene rings is 2. The van der Waals surface area contributed by atoms with Crippen molar-refractivity contribution in [2.45, 2.75) is 46.2 Å². The number of sulfonamides is 1. The number of carbonyl (C=O) groups is 1. The second-order valence-electron chi connectivity index (χ2n) is 7.02. The van der Waals surface area contributed by atoms with Crippen LogP contribution >= 0.6 is 0 Å². The quantitative estimate of drug-likeness (QED) is 0.759. The highest BCUT2D eigenvalue weighted by atomic mass is 32.2. The van der Waals surface area contributed by atoms with Gasteiger partial charge in [0.2, 0.25) is 15.9 Å². The van der Waals surface area contributed by atoms with E-state index in [9.17, 15) is 17.6 Å². The minimum Gasteiger partial charge on any atom is -0.347 e. The maximum absolute atomic E-state index is 14.2. The summed E-state index contributed by atoms with van der Waals surface area (Å²) in [5.41, 5.74) is 3.00. The van der Waals surface area contributed by atoms with Crippen LogP contribution in [0.5, 0.6) is 0 Å². The van der Waals surface area contributed by atoms with Crippen LogP contribution < -0.4 is 9.62 Å². The van der Waals surface area contributed by atoms with E-state index in [1.807, 2.05) is 39.0 Å². The molecule has 0 heterocycles. The second-order valence-corrected chi connectivity index (χ2v) is 8.88. The van der Waals surface area contributed by atoms with Gasteiger partial charge in [0.25, 0.3) is 0 Å². The van der Waals surface area contributed by atoms with E-state index in [0.29, 0.717) is 6.42 Å². The first-order valence-corrected chi connectivity index (χ1v) is 11.0. The minimum absolute atomic E-state index is 0.146. The Labute approximate surface area is 166 Å². The number of hydrogen-bond donors (Lipinski definition) is 1. The number of aryl methyl sites for hydroxylation is 2. The summed E-state index contributed by atoms with van der Waals surface area (Å²) in [4.78, 5) is 12.9. The van der Waals surface area contributed by atoms with E-state index in [4.69, 9.17) is 0 Å². The van der Waals surface area contributed by atoms with Gasteiger partial charge in [-0.25, -0.2) is 12.8 Å². The van der Waals surface area contributed by atoms with Crippen LogP contribution in [0, 0.1) is 19.7 Å². The molecule has 2 aromatic carbocycles. The lowest BCUT2D eigenvalue weighted by atomic mass is 9.97. The summed E-state index contributed by atoms with van der Waals surface area (Å²) in [5.74, 6) is -1.19. The van der Waals surface area contributed by atoms with Crippen LogP contribution in [-0.2, 0) is 14.8 Å². The third-order valence-corrected chi connectivity index (χ3v) is 5.93. The van der Waals surface area contributed by atoms with Crippen molar-refractivity contribution >= 4 is 21.6 Å². The van der Waals surface area contributed by atoms with E-state index in [1.54, 1.807) is 0 Å². The minimum atomic E-state index is -3.87. The lowest BCUT2D eigenvalue weighted by Gasteiger charge is -2.30. The molecule has 0 bridgehead atoms. The second kappa shape index (κ2) is 8.73. The number of hydrogen-bond acceptors (Lipinski definition) is 3. The Balaban J connectivity index is 2.33. The average molecular weight is 407 g/mol. The number of anilines is 1. The molecular formula is C21H27FN2O3S. The molecule has 152 valence electrons. The standard InChI is InChI=1S/C21H27FN2O3S/c1-6-19(17-12-11-14(2)13-15(17)3)23-21(25)16(4)24(28(5,26)27)20-10-8-7-9-18(20)22/h7-13,16,19H,6H2,1-5H3,(H,23,25)/t16-,19+/m1/s1. The third kappa shape index (κ3) is 4.90. The molecule has 0 aliphatic heterocycles. The van der Waals surface area contributed by atoms with Gasteiger partial charge in [0, 0.05) is 0 Å². The molecular weight excluding hydrogens is 379 g/mol. The van der Waals surface area contributed by atoms with Gasteiger partial charge in [-0.3, -0.25) is 9.10 Å². The number of amides is 1. The van der Waals surface area contributed by atoms with Crippen LogP contribution in [0.2, 0.25) is 0 Å². The van der Waals surface area contributed by atoms with Crippen molar-refractivity contribution in [1.82, 2.24) is 5.32 Å². The van der Waals surface area contributed by atoms with Crippen LogP contribution in [0.1, 0.15) is 43.0 Å². The van der Waals surface area contributed by atoms with Crippen LogP contribution in [0.4, 0.5) is 10.1 Å². The Morgan fingerprint density at radius 1 is 1.18 bits per heavy atom. The molecule has 28 heavy (non-hydrogen) atoms. The first-order chi connectivity index (χ1) is 13.1. The third-order valence-electron chi connectivity index (χ3n) is 4.70. The van der Waals surface area contributed by atoms with E-state index in [-0.39, 0.29) is 11.7 Å². The van der Waals surface area contributed by atoms with Crippen molar-refractivity contribution in [1.29, 1.82) is 0 Å². The van der Waals surface area contributed by atoms with Gasteiger partial charge in [-0.05, 0) is 50.5 Å². The van der Waals surface area contributed by atoms with Crippen molar-refractivity contribution in [3.05, 3.63) is 65.0 Å². The van der Waals surface area contributed by atoms with Crippen LogP contribution in [0.25, 0.3) is 0 Å². The van der Waals surface area contributed by atoms with Crippen molar-refractivity contribution in [3.8, 4) is 0 Å². The lowest BCUT2D eigenvalue weighted by molar-refractivity contribution is -0.122. The van der Waals surface area contributed by atoms with Gasteiger partial charge >= 0.3 is 0 Å². The van der Waals surface area contributed by atoms with Crippen molar-refractivity contribution < 1.29 is 17.6 Å². The molecule has 0 aliphatic carbocycles. The molecule has 1 amide bonds. The normalized spacial score (nSPS) is 13.6. The number of halogens is 1. The molecule has 2 atom stereocenters. The van der Waals surface area contributed by atoms with E-state index in [0.717, 1.165) is 27.3 Å². The van der Waals surface area contributed by atoms with Crippen molar-refractivity contribution in [2.75, 3.05) is 10.6 Å². The number of carbonyl (C=O) groups excluding carboxylic acids is 1. The molecule has 2 aromatic rings. The van der Waals surface area contributed by atoms with E-state index < -0.39 is 27.8 Å². The van der Waals surface area contributed by atoms with Gasteiger partial charge in [-0.1, -0.05) is 42.8 Å². The summed E-state index contributed by atoms with van der Waals surface area (Å²) in [7, 11) is -3.87. The topological polar surface area (TPSA) is 66.5 Å². The largest absolute Gasteiger partial charge is 0.347 e. The van der Waals surface area contributed by atoms with Gasteiger partial charge in [-0.15, -0.1) is 0 Å². The Bertz CT molecular complexity index is 960. The number of nitrogens with zero attached hydrogens (tertiary/aromatic N) is 1. The summed E-state index contributed by atoms with van der Waals surface area (Å²) < 4.78 is 39.7. The molecule has 0 fully saturated rings. The Kier molecular flexibility index (Phi) is 6.82. The zero-order valence-corrected chi connectivity index (χ0v) is 17.7. The highest BCUT2D eigenvalue weighted by Crippen LogP contribution is 2.26. The zero-order valence-electron chi connectivity index (χ0n) is 16.9. The van der Waals surface area contributed by atoms with E-state index in [2.05, 4.69) is 5.32 Å². The van der Waals surface area contributed by atoms with Gasteiger partial charge in [0.05, 0.1) is 18.0 Å². The molecule has 0 saturated heterocycles. The van der Waals surface area contributed by atoms with Crippen LogP contribution in [-0.4, -0.2) is 26.6 Å². The fourth-order valence-corrected chi connectivity index (χ4v) is 4.50. The van der Waals surface area contributed by atoms with E-state index >= 15 is 0 Å². The molecule has 2 rings (SSSR count). The lowest BCUT2D eigenvalue weighted by Crippen LogP contribution is -2.49. The summed E-state index contributed by atoms with van der Waals surface area (Å²) in [6.07, 6.45) is 1.60. The molecule has 0 saturated carbocycles. The highest BCUT2D eigenvalue weighted by Gasteiger charge is 2.32. The molecule has 7 heteroatoms. The van der Waals surface area contributed by atoms with Gasteiger partial charge in [-0.2, -0.15) is 0 Å². The predicted molar refractivity (Wildman–Crippen MR) is 110 cm³/mol. The smallest absolute Gasteiger partial charge is 0.244 e. The number of nitrogens with one attached hydrogen (secondary N) is 1. The van der Waals surface area contributed by atoms with Crippen molar-refractivity contribution in [3.63, 3.8) is 0 Å². The van der Waals surface area contributed by atoms with Gasteiger partial charge in [0.15, 0.2) is 0 Å². The molecule has 0 spiro atoms.